The van der Waals surface area contributed by atoms with E-state index in [4.69, 9.17) is 5.11 Å². The highest BCUT2D eigenvalue weighted by molar-refractivity contribution is 5.97. The van der Waals surface area contributed by atoms with Crippen molar-refractivity contribution in [1.82, 2.24) is 10.2 Å². The number of anilines is 1. The normalized spacial score (nSPS) is 10.8. The van der Waals surface area contributed by atoms with Crippen LogP contribution in [0.2, 0.25) is 0 Å². The number of hydrogen-bond acceptors (Lipinski definition) is 3. The minimum Gasteiger partial charge on any atom is -0.481 e. The highest BCUT2D eigenvalue weighted by Crippen LogP contribution is 2.15. The maximum atomic E-state index is 12.3. The van der Waals surface area contributed by atoms with Crippen molar-refractivity contribution in [2.24, 2.45) is 0 Å². The molecule has 7 nitrogen and oxygen atoms in total. The molecule has 0 unspecified atom stereocenters. The molecule has 1 rings (SSSR count). The molecule has 0 spiro atoms. The van der Waals surface area contributed by atoms with Gasteiger partial charge < -0.3 is 20.6 Å². The zero-order valence-corrected chi connectivity index (χ0v) is 13.8. The third kappa shape index (κ3) is 6.37. The number of nitrogens with one attached hydrogen (secondary N) is 2. The molecule has 1 aromatic rings. The average molecular weight is 321 g/mol. The Morgan fingerprint density at radius 1 is 1.22 bits per heavy atom. The Morgan fingerprint density at radius 2 is 1.87 bits per heavy atom. The van der Waals surface area contributed by atoms with E-state index in [1.165, 1.54) is 4.90 Å². The summed E-state index contributed by atoms with van der Waals surface area (Å²) in [6, 6.07) is 6.28. The van der Waals surface area contributed by atoms with Gasteiger partial charge in [-0.05, 0) is 38.5 Å². The Bertz CT molecular complexity index is 597. The molecule has 3 amide bonds. The lowest BCUT2D eigenvalue weighted by molar-refractivity contribution is -0.137. The molecule has 0 bridgehead atoms. The smallest absolute Gasteiger partial charge is 0.321 e. The topological polar surface area (TPSA) is 98.7 Å². The molecule has 23 heavy (non-hydrogen) atoms. The van der Waals surface area contributed by atoms with Crippen LogP contribution < -0.4 is 10.6 Å². The number of carboxylic acid groups (broad SMARTS) is 1. The first-order valence-electron chi connectivity index (χ1n) is 7.23. The fraction of sp³-hybridized carbons (Fsp3) is 0.438. The van der Waals surface area contributed by atoms with Crippen molar-refractivity contribution in [2.75, 3.05) is 19.4 Å². The summed E-state index contributed by atoms with van der Waals surface area (Å²) in [5.41, 5.74) is 0.267. The number of hydrogen-bond donors (Lipinski definition) is 3. The molecule has 7 heteroatoms. The molecule has 0 heterocycles. The number of carbonyl (C=O) groups excluding carboxylic acids is 2. The summed E-state index contributed by atoms with van der Waals surface area (Å²) in [5, 5.41) is 14.2. The number of nitrogens with zero attached hydrogens (tertiary/aromatic N) is 1. The van der Waals surface area contributed by atoms with Crippen molar-refractivity contribution in [2.45, 2.75) is 32.2 Å². The van der Waals surface area contributed by atoms with Crippen LogP contribution in [0.3, 0.4) is 0 Å². The van der Waals surface area contributed by atoms with Crippen molar-refractivity contribution >= 4 is 23.6 Å². The molecule has 0 aromatic heterocycles. The van der Waals surface area contributed by atoms with Gasteiger partial charge >= 0.3 is 12.0 Å². The first-order valence-corrected chi connectivity index (χ1v) is 7.23. The number of urea groups is 1. The average Bonchev–Trinajstić information content (AvgIpc) is 2.45. The quantitative estimate of drug-likeness (QED) is 0.747. The zero-order chi connectivity index (χ0) is 17.6. The van der Waals surface area contributed by atoms with Crippen molar-refractivity contribution in [1.29, 1.82) is 0 Å². The highest BCUT2D eigenvalue weighted by Gasteiger charge is 2.22. The van der Waals surface area contributed by atoms with Crippen LogP contribution in [-0.4, -0.2) is 47.5 Å². The molecule has 3 N–H and O–H groups in total. The molecule has 0 saturated heterocycles. The Labute approximate surface area is 135 Å². The summed E-state index contributed by atoms with van der Waals surface area (Å²) < 4.78 is 0. The lowest BCUT2D eigenvalue weighted by atomic mass is 9.97. The first kappa shape index (κ1) is 18.5. The van der Waals surface area contributed by atoms with E-state index >= 15 is 0 Å². The van der Waals surface area contributed by atoms with E-state index < -0.39 is 11.5 Å². The van der Waals surface area contributed by atoms with E-state index in [1.807, 2.05) is 0 Å². The lowest BCUT2D eigenvalue weighted by Gasteiger charge is -2.25. The van der Waals surface area contributed by atoms with Crippen LogP contribution in [0.15, 0.2) is 24.3 Å². The molecule has 0 radical (unpaired) electrons. The third-order valence-electron chi connectivity index (χ3n) is 3.20. The van der Waals surface area contributed by atoms with Crippen molar-refractivity contribution in [3.63, 3.8) is 0 Å². The molecule has 0 aliphatic rings. The van der Waals surface area contributed by atoms with Crippen LogP contribution in [-0.2, 0) is 4.79 Å². The van der Waals surface area contributed by atoms with Crippen LogP contribution in [0.1, 0.15) is 37.0 Å². The number of benzene rings is 1. The summed E-state index contributed by atoms with van der Waals surface area (Å²) in [6.07, 6.45) is 0.303. The molecule has 0 aliphatic heterocycles. The molecule has 0 atom stereocenters. The van der Waals surface area contributed by atoms with Crippen molar-refractivity contribution in [3.8, 4) is 0 Å². The zero-order valence-electron chi connectivity index (χ0n) is 13.8. The molecule has 0 aliphatic carbocycles. The predicted molar refractivity (Wildman–Crippen MR) is 87.6 cm³/mol. The second-order valence-electron chi connectivity index (χ2n) is 6.14. The van der Waals surface area contributed by atoms with E-state index in [0.29, 0.717) is 17.7 Å². The van der Waals surface area contributed by atoms with E-state index in [-0.39, 0.29) is 18.4 Å². The van der Waals surface area contributed by atoms with Gasteiger partial charge in [0.2, 0.25) is 0 Å². The Morgan fingerprint density at radius 3 is 2.43 bits per heavy atom. The minimum absolute atomic E-state index is 0.0216. The Balaban J connectivity index is 2.76. The summed E-state index contributed by atoms with van der Waals surface area (Å²) in [7, 11) is 3.24. The van der Waals surface area contributed by atoms with Crippen molar-refractivity contribution < 1.29 is 19.5 Å². The van der Waals surface area contributed by atoms with Gasteiger partial charge in [-0.2, -0.15) is 0 Å². The maximum Gasteiger partial charge on any atom is 0.321 e. The van der Waals surface area contributed by atoms with Gasteiger partial charge in [0.1, 0.15) is 0 Å². The molecule has 0 saturated carbocycles. The molecular formula is C16H23N3O4. The fourth-order valence-electron chi connectivity index (χ4n) is 1.83. The van der Waals surface area contributed by atoms with Gasteiger partial charge in [-0.3, -0.25) is 9.59 Å². The van der Waals surface area contributed by atoms with Gasteiger partial charge in [0.15, 0.2) is 0 Å². The number of carboxylic acids is 1. The lowest BCUT2D eigenvalue weighted by Crippen LogP contribution is -2.43. The second kappa shape index (κ2) is 7.62. The maximum absolute atomic E-state index is 12.3. The van der Waals surface area contributed by atoms with E-state index in [0.717, 1.165) is 0 Å². The number of aliphatic carboxylic acids is 1. The summed E-state index contributed by atoms with van der Waals surface area (Å²) in [6.45, 7) is 3.54. The predicted octanol–water partition coefficient (Wildman–Crippen LogP) is 2.15. The monoisotopic (exact) mass is 321 g/mol. The van der Waals surface area contributed by atoms with Crippen molar-refractivity contribution in [3.05, 3.63) is 29.8 Å². The van der Waals surface area contributed by atoms with Gasteiger partial charge in [0, 0.05) is 37.3 Å². The second-order valence-corrected chi connectivity index (χ2v) is 6.14. The minimum atomic E-state index is -0.902. The van der Waals surface area contributed by atoms with Crippen LogP contribution in [0.4, 0.5) is 10.5 Å². The number of carbonyl (C=O) groups is 3. The standard InChI is InChI=1S/C16H23N3O4/c1-16(2,9-8-13(20)21)18-14(22)11-6-5-7-12(10-11)17-15(23)19(3)4/h5-7,10H,8-9H2,1-4H3,(H,17,23)(H,18,22)(H,20,21). The largest absolute Gasteiger partial charge is 0.481 e. The Kier molecular flexibility index (Phi) is 6.12. The Hall–Kier alpha value is -2.57. The van der Waals surface area contributed by atoms with Gasteiger partial charge in [-0.25, -0.2) is 4.79 Å². The molecular weight excluding hydrogens is 298 g/mol. The van der Waals surface area contributed by atoms with Crippen LogP contribution in [0.5, 0.6) is 0 Å². The van der Waals surface area contributed by atoms with Crippen LogP contribution in [0.25, 0.3) is 0 Å². The highest BCUT2D eigenvalue weighted by atomic mass is 16.4. The summed E-state index contributed by atoms with van der Waals surface area (Å²) >= 11 is 0. The van der Waals surface area contributed by atoms with Crippen LogP contribution in [0, 0.1) is 0 Å². The SMILES string of the molecule is CN(C)C(=O)Nc1cccc(C(=O)NC(C)(C)CCC(=O)O)c1. The number of amides is 3. The molecule has 0 fully saturated rings. The summed E-state index contributed by atoms with van der Waals surface area (Å²) in [4.78, 5) is 36.0. The van der Waals surface area contributed by atoms with Gasteiger partial charge in [-0.15, -0.1) is 0 Å². The third-order valence-corrected chi connectivity index (χ3v) is 3.20. The first-order chi connectivity index (χ1) is 10.6. The fourth-order valence-corrected chi connectivity index (χ4v) is 1.83. The molecule has 126 valence electrons. The summed E-state index contributed by atoms with van der Waals surface area (Å²) in [5.74, 6) is -1.22. The van der Waals surface area contributed by atoms with E-state index in [2.05, 4.69) is 10.6 Å². The van der Waals surface area contributed by atoms with Gasteiger partial charge in [-0.1, -0.05) is 6.07 Å². The molecule has 1 aromatic carbocycles. The number of rotatable bonds is 6. The van der Waals surface area contributed by atoms with E-state index in [1.54, 1.807) is 52.2 Å². The van der Waals surface area contributed by atoms with Gasteiger partial charge in [0.25, 0.3) is 5.91 Å². The van der Waals surface area contributed by atoms with Crippen LogP contribution >= 0.6 is 0 Å². The van der Waals surface area contributed by atoms with Gasteiger partial charge in [0.05, 0.1) is 0 Å². The van der Waals surface area contributed by atoms with E-state index in [9.17, 15) is 14.4 Å².